The van der Waals surface area contributed by atoms with Crippen molar-refractivity contribution in [3.05, 3.63) is 54.1 Å². The van der Waals surface area contributed by atoms with Gasteiger partial charge in [-0.15, -0.1) is 0 Å². The largest absolute Gasteiger partial charge is 0.508 e. The molecular formula is C17H21NO. The second kappa shape index (κ2) is 5.79. The molecule has 19 heavy (non-hydrogen) atoms. The Labute approximate surface area is 115 Å². The number of hydrogen-bond donors (Lipinski definition) is 1. The van der Waals surface area contributed by atoms with Crippen molar-refractivity contribution in [2.45, 2.75) is 26.7 Å². The van der Waals surface area contributed by atoms with Gasteiger partial charge in [0.1, 0.15) is 5.75 Å². The molecule has 0 aliphatic carbocycles. The first-order valence-electron chi connectivity index (χ1n) is 6.78. The van der Waals surface area contributed by atoms with Crippen molar-refractivity contribution in [2.24, 2.45) is 0 Å². The van der Waals surface area contributed by atoms with Gasteiger partial charge >= 0.3 is 0 Å². The van der Waals surface area contributed by atoms with Gasteiger partial charge in [-0.05, 0) is 42.7 Å². The van der Waals surface area contributed by atoms with Crippen LogP contribution >= 0.6 is 0 Å². The standard InChI is InChI=1S/C17H21NO/c1-4-18(16-6-5-7-17(19)12-16)15-10-8-14(9-11-15)13(2)3/h5-13,19H,4H2,1-3H3. The third-order valence-corrected chi connectivity index (χ3v) is 3.33. The first-order valence-corrected chi connectivity index (χ1v) is 6.78. The first kappa shape index (κ1) is 13.5. The zero-order chi connectivity index (χ0) is 13.8. The minimum atomic E-state index is 0.301. The van der Waals surface area contributed by atoms with E-state index in [1.807, 2.05) is 12.1 Å². The average Bonchev–Trinajstić information content (AvgIpc) is 2.40. The van der Waals surface area contributed by atoms with E-state index in [4.69, 9.17) is 0 Å². The fraction of sp³-hybridized carbons (Fsp3) is 0.294. The Balaban J connectivity index is 2.31. The van der Waals surface area contributed by atoms with Crippen LogP contribution in [0.15, 0.2) is 48.5 Å². The van der Waals surface area contributed by atoms with E-state index in [2.05, 4.69) is 49.9 Å². The molecular weight excluding hydrogens is 234 g/mol. The van der Waals surface area contributed by atoms with Gasteiger partial charge in [-0.2, -0.15) is 0 Å². The van der Waals surface area contributed by atoms with Crippen LogP contribution in [0.2, 0.25) is 0 Å². The van der Waals surface area contributed by atoms with Crippen LogP contribution in [0.5, 0.6) is 5.75 Å². The van der Waals surface area contributed by atoms with Crippen LogP contribution in [0.25, 0.3) is 0 Å². The van der Waals surface area contributed by atoms with Crippen molar-refractivity contribution in [2.75, 3.05) is 11.4 Å². The van der Waals surface area contributed by atoms with Gasteiger partial charge in [0, 0.05) is 24.0 Å². The molecule has 0 fully saturated rings. The quantitative estimate of drug-likeness (QED) is 0.858. The molecule has 0 radical (unpaired) electrons. The van der Waals surface area contributed by atoms with Crippen LogP contribution < -0.4 is 4.90 Å². The molecule has 0 bridgehead atoms. The summed E-state index contributed by atoms with van der Waals surface area (Å²) in [4.78, 5) is 2.18. The molecule has 0 saturated heterocycles. The first-order chi connectivity index (χ1) is 9.11. The summed E-state index contributed by atoms with van der Waals surface area (Å²) in [5, 5.41) is 9.59. The molecule has 0 unspecified atom stereocenters. The molecule has 0 spiro atoms. The molecule has 1 N–H and O–H groups in total. The summed E-state index contributed by atoms with van der Waals surface area (Å²) < 4.78 is 0. The molecule has 0 saturated carbocycles. The third-order valence-electron chi connectivity index (χ3n) is 3.33. The Kier molecular flexibility index (Phi) is 4.10. The fourth-order valence-electron chi connectivity index (χ4n) is 2.21. The lowest BCUT2D eigenvalue weighted by Gasteiger charge is -2.24. The Morgan fingerprint density at radius 2 is 1.68 bits per heavy atom. The zero-order valence-electron chi connectivity index (χ0n) is 11.8. The Morgan fingerprint density at radius 1 is 1.00 bits per heavy atom. The number of hydrogen-bond acceptors (Lipinski definition) is 2. The second-order valence-electron chi connectivity index (χ2n) is 5.01. The minimum Gasteiger partial charge on any atom is -0.508 e. The topological polar surface area (TPSA) is 23.5 Å². The van der Waals surface area contributed by atoms with E-state index < -0.39 is 0 Å². The fourth-order valence-corrected chi connectivity index (χ4v) is 2.21. The van der Waals surface area contributed by atoms with Crippen molar-refractivity contribution in [1.82, 2.24) is 0 Å². The van der Waals surface area contributed by atoms with E-state index in [0.717, 1.165) is 17.9 Å². The van der Waals surface area contributed by atoms with Gasteiger partial charge in [0.15, 0.2) is 0 Å². The van der Waals surface area contributed by atoms with E-state index in [1.165, 1.54) is 5.56 Å². The van der Waals surface area contributed by atoms with Gasteiger partial charge < -0.3 is 10.0 Å². The molecule has 2 nitrogen and oxygen atoms in total. The summed E-state index contributed by atoms with van der Waals surface area (Å²) in [5.41, 5.74) is 3.51. The zero-order valence-corrected chi connectivity index (χ0v) is 11.8. The van der Waals surface area contributed by atoms with Gasteiger partial charge in [-0.3, -0.25) is 0 Å². The molecule has 2 heteroatoms. The number of nitrogens with zero attached hydrogens (tertiary/aromatic N) is 1. The molecule has 0 atom stereocenters. The highest BCUT2D eigenvalue weighted by atomic mass is 16.3. The van der Waals surface area contributed by atoms with Crippen molar-refractivity contribution >= 4 is 11.4 Å². The van der Waals surface area contributed by atoms with Gasteiger partial charge in [0.25, 0.3) is 0 Å². The molecule has 2 aromatic rings. The molecule has 0 aromatic heterocycles. The predicted molar refractivity (Wildman–Crippen MR) is 81.3 cm³/mol. The highest BCUT2D eigenvalue weighted by Gasteiger charge is 2.08. The van der Waals surface area contributed by atoms with Crippen LogP contribution in [-0.4, -0.2) is 11.7 Å². The second-order valence-corrected chi connectivity index (χ2v) is 5.01. The number of phenolic OH excluding ortho intramolecular Hbond substituents is 1. The van der Waals surface area contributed by atoms with E-state index in [-0.39, 0.29) is 0 Å². The molecule has 0 heterocycles. The number of aromatic hydroxyl groups is 1. The number of phenols is 1. The average molecular weight is 255 g/mol. The molecule has 100 valence electrons. The van der Waals surface area contributed by atoms with E-state index in [9.17, 15) is 5.11 Å². The number of benzene rings is 2. The van der Waals surface area contributed by atoms with Gasteiger partial charge in [-0.1, -0.05) is 32.0 Å². The smallest absolute Gasteiger partial charge is 0.117 e. The van der Waals surface area contributed by atoms with E-state index in [1.54, 1.807) is 12.1 Å². The van der Waals surface area contributed by atoms with Gasteiger partial charge in [0.05, 0.1) is 0 Å². The van der Waals surface area contributed by atoms with E-state index >= 15 is 0 Å². The normalized spacial score (nSPS) is 10.7. The lowest BCUT2D eigenvalue weighted by molar-refractivity contribution is 0.475. The number of rotatable bonds is 4. The monoisotopic (exact) mass is 255 g/mol. The summed E-state index contributed by atoms with van der Waals surface area (Å²) in [6.45, 7) is 7.37. The van der Waals surface area contributed by atoms with Crippen LogP contribution in [0, 0.1) is 0 Å². The van der Waals surface area contributed by atoms with Crippen LogP contribution in [0.4, 0.5) is 11.4 Å². The highest BCUT2D eigenvalue weighted by molar-refractivity contribution is 5.64. The van der Waals surface area contributed by atoms with Crippen LogP contribution in [0.1, 0.15) is 32.3 Å². The summed E-state index contributed by atoms with van der Waals surface area (Å²) in [6, 6.07) is 16.0. The minimum absolute atomic E-state index is 0.301. The van der Waals surface area contributed by atoms with Crippen molar-refractivity contribution in [3.8, 4) is 5.75 Å². The lowest BCUT2D eigenvalue weighted by Crippen LogP contribution is -2.15. The van der Waals surface area contributed by atoms with E-state index in [0.29, 0.717) is 11.7 Å². The van der Waals surface area contributed by atoms with Crippen molar-refractivity contribution in [3.63, 3.8) is 0 Å². The molecule has 2 aromatic carbocycles. The maximum absolute atomic E-state index is 9.59. The third kappa shape index (κ3) is 3.08. The van der Waals surface area contributed by atoms with Crippen molar-refractivity contribution in [1.29, 1.82) is 0 Å². The van der Waals surface area contributed by atoms with Crippen LogP contribution in [-0.2, 0) is 0 Å². The summed E-state index contributed by atoms with van der Waals surface area (Å²) in [7, 11) is 0. The Hall–Kier alpha value is -1.96. The summed E-state index contributed by atoms with van der Waals surface area (Å²) in [5.74, 6) is 0.847. The maximum atomic E-state index is 9.59. The Morgan fingerprint density at radius 3 is 2.21 bits per heavy atom. The van der Waals surface area contributed by atoms with Crippen molar-refractivity contribution < 1.29 is 5.11 Å². The highest BCUT2D eigenvalue weighted by Crippen LogP contribution is 2.28. The molecule has 0 amide bonds. The Bertz CT molecular complexity index is 531. The molecule has 0 aliphatic heterocycles. The van der Waals surface area contributed by atoms with Gasteiger partial charge in [0.2, 0.25) is 0 Å². The summed E-state index contributed by atoms with van der Waals surface area (Å²) in [6.07, 6.45) is 0. The van der Waals surface area contributed by atoms with Crippen LogP contribution in [0.3, 0.4) is 0 Å². The SMILES string of the molecule is CCN(c1ccc(C(C)C)cc1)c1cccc(O)c1. The van der Waals surface area contributed by atoms with Gasteiger partial charge in [-0.25, -0.2) is 0 Å². The summed E-state index contributed by atoms with van der Waals surface area (Å²) >= 11 is 0. The lowest BCUT2D eigenvalue weighted by atomic mass is 10.0. The number of anilines is 2. The molecule has 2 rings (SSSR count). The predicted octanol–water partition coefficient (Wildman–Crippen LogP) is 4.67. The molecule has 0 aliphatic rings. The maximum Gasteiger partial charge on any atom is 0.117 e.